The predicted octanol–water partition coefficient (Wildman–Crippen LogP) is 0.316. The van der Waals surface area contributed by atoms with Crippen molar-refractivity contribution in [3.05, 3.63) is 12.7 Å². The van der Waals surface area contributed by atoms with Gasteiger partial charge in [-0.25, -0.2) is 0 Å². The van der Waals surface area contributed by atoms with E-state index in [4.69, 9.17) is 5.21 Å². The van der Waals surface area contributed by atoms with Crippen LogP contribution in [-0.2, 0) is 0 Å². The highest BCUT2D eigenvalue weighted by molar-refractivity contribution is 5.86. The minimum atomic E-state index is 0.399. The lowest BCUT2D eigenvalue weighted by Gasteiger charge is -2.33. The van der Waals surface area contributed by atoms with E-state index < -0.39 is 0 Å². The highest BCUT2D eigenvalue weighted by Crippen LogP contribution is 2.07. The molecule has 1 rings (SSSR count). The lowest BCUT2D eigenvalue weighted by Crippen LogP contribution is -3.17. The summed E-state index contributed by atoms with van der Waals surface area (Å²) in [5.41, 5.74) is 0.945. The zero-order valence-corrected chi connectivity index (χ0v) is 8.45. The second-order valence-electron chi connectivity index (χ2n) is 3.95. The Morgan fingerprint density at radius 1 is 1.69 bits per heavy atom. The summed E-state index contributed by atoms with van der Waals surface area (Å²) < 4.78 is 0. The molecule has 0 aromatic carbocycles. The third kappa shape index (κ3) is 2.31. The Hall–Kier alpha value is -0.830. The van der Waals surface area contributed by atoms with Crippen molar-refractivity contribution in [2.75, 3.05) is 13.1 Å². The van der Waals surface area contributed by atoms with E-state index in [1.807, 2.05) is 6.08 Å². The van der Waals surface area contributed by atoms with Gasteiger partial charge >= 0.3 is 0 Å². The molecule has 1 heterocycles. The molecule has 1 unspecified atom stereocenters. The largest absolute Gasteiger partial charge is 0.411 e. The van der Waals surface area contributed by atoms with Crippen molar-refractivity contribution in [3.8, 4) is 0 Å². The molecule has 0 amide bonds. The zero-order chi connectivity index (χ0) is 9.84. The van der Waals surface area contributed by atoms with Gasteiger partial charge in [-0.1, -0.05) is 18.7 Å². The van der Waals surface area contributed by atoms with Crippen LogP contribution in [0.4, 0.5) is 0 Å². The molecule has 2 N–H and O–H groups in total. The van der Waals surface area contributed by atoms with Crippen molar-refractivity contribution in [3.63, 3.8) is 0 Å². The number of hydrogen-bond acceptors (Lipinski definition) is 2. The van der Waals surface area contributed by atoms with Crippen LogP contribution in [0.2, 0.25) is 0 Å². The van der Waals surface area contributed by atoms with Gasteiger partial charge in [0.05, 0.1) is 24.8 Å². The summed E-state index contributed by atoms with van der Waals surface area (Å²) in [5.74, 6) is 0.399. The number of nitrogens with one attached hydrogen (secondary N) is 1. The van der Waals surface area contributed by atoms with Gasteiger partial charge in [0.1, 0.15) is 0 Å². The lowest BCUT2D eigenvalue weighted by atomic mass is 9.93. The SMILES string of the molecule is C=CC[NH+]1C[C@@H](C)/C(=N/O)C[C@H]1C. The number of hydrogen-bond donors (Lipinski definition) is 2. The number of nitrogens with zero attached hydrogens (tertiary/aromatic N) is 1. The van der Waals surface area contributed by atoms with Gasteiger partial charge in [-0.15, -0.1) is 0 Å². The molecule has 3 nitrogen and oxygen atoms in total. The zero-order valence-electron chi connectivity index (χ0n) is 8.45. The predicted molar refractivity (Wildman–Crippen MR) is 53.4 cm³/mol. The molecule has 13 heavy (non-hydrogen) atoms. The Balaban J connectivity index is 2.61. The van der Waals surface area contributed by atoms with E-state index >= 15 is 0 Å². The van der Waals surface area contributed by atoms with Crippen molar-refractivity contribution in [2.24, 2.45) is 11.1 Å². The van der Waals surface area contributed by atoms with Crippen LogP contribution in [-0.4, -0.2) is 30.1 Å². The van der Waals surface area contributed by atoms with Crippen LogP contribution >= 0.6 is 0 Å². The van der Waals surface area contributed by atoms with Crippen LogP contribution in [0.1, 0.15) is 20.3 Å². The Labute approximate surface area is 79.7 Å². The van der Waals surface area contributed by atoms with Crippen molar-refractivity contribution in [2.45, 2.75) is 26.3 Å². The molecule has 0 saturated carbocycles. The Kier molecular flexibility index (Phi) is 3.48. The van der Waals surface area contributed by atoms with Crippen LogP contribution in [0.15, 0.2) is 17.8 Å². The highest BCUT2D eigenvalue weighted by Gasteiger charge is 2.30. The fourth-order valence-corrected chi connectivity index (χ4v) is 1.98. The van der Waals surface area contributed by atoms with Crippen molar-refractivity contribution in [1.82, 2.24) is 0 Å². The van der Waals surface area contributed by atoms with Crippen LogP contribution in [0, 0.1) is 5.92 Å². The summed E-state index contributed by atoms with van der Waals surface area (Å²) in [6.45, 7) is 10.1. The Morgan fingerprint density at radius 2 is 2.38 bits per heavy atom. The molecule has 0 aromatic rings. The summed E-state index contributed by atoms with van der Waals surface area (Å²) in [5, 5.41) is 12.1. The van der Waals surface area contributed by atoms with Gasteiger partial charge in [0.2, 0.25) is 0 Å². The van der Waals surface area contributed by atoms with E-state index in [2.05, 4.69) is 25.6 Å². The molecular weight excluding hydrogens is 164 g/mol. The normalized spacial score (nSPS) is 37.7. The summed E-state index contributed by atoms with van der Waals surface area (Å²) >= 11 is 0. The second kappa shape index (κ2) is 4.42. The van der Waals surface area contributed by atoms with Gasteiger partial charge in [0, 0.05) is 12.3 Å². The maximum atomic E-state index is 8.75. The number of rotatable bonds is 2. The molecule has 1 aliphatic heterocycles. The Morgan fingerprint density at radius 3 is 2.92 bits per heavy atom. The summed E-state index contributed by atoms with van der Waals surface area (Å²) in [4.78, 5) is 1.54. The first-order valence-electron chi connectivity index (χ1n) is 4.85. The minimum Gasteiger partial charge on any atom is -0.411 e. The molecule has 0 aliphatic carbocycles. The van der Waals surface area contributed by atoms with Gasteiger partial charge in [-0.3, -0.25) is 0 Å². The number of oxime groups is 1. The maximum Gasteiger partial charge on any atom is 0.0957 e. The lowest BCUT2D eigenvalue weighted by molar-refractivity contribution is -0.921. The van der Waals surface area contributed by atoms with E-state index in [9.17, 15) is 0 Å². The molecule has 1 saturated heterocycles. The van der Waals surface area contributed by atoms with E-state index in [0.717, 1.165) is 25.2 Å². The topological polar surface area (TPSA) is 37.0 Å². The van der Waals surface area contributed by atoms with E-state index in [1.165, 1.54) is 4.90 Å². The number of quaternary nitrogens is 1. The van der Waals surface area contributed by atoms with Crippen molar-refractivity contribution >= 4 is 5.71 Å². The van der Waals surface area contributed by atoms with Crippen LogP contribution < -0.4 is 4.90 Å². The minimum absolute atomic E-state index is 0.399. The third-order valence-electron chi connectivity index (χ3n) is 2.88. The second-order valence-corrected chi connectivity index (χ2v) is 3.95. The molecule has 0 bridgehead atoms. The molecule has 1 aliphatic rings. The van der Waals surface area contributed by atoms with Crippen LogP contribution in [0.5, 0.6) is 0 Å². The van der Waals surface area contributed by atoms with Gasteiger partial charge < -0.3 is 10.1 Å². The number of piperidine rings is 1. The molecule has 0 aromatic heterocycles. The van der Waals surface area contributed by atoms with Gasteiger partial charge in [-0.2, -0.15) is 0 Å². The smallest absolute Gasteiger partial charge is 0.0957 e. The molecule has 3 atom stereocenters. The first kappa shape index (κ1) is 10.3. The summed E-state index contributed by atoms with van der Waals surface area (Å²) in [6.07, 6.45) is 2.86. The van der Waals surface area contributed by atoms with Gasteiger partial charge in [0.15, 0.2) is 0 Å². The average Bonchev–Trinajstić information content (AvgIpc) is 2.11. The fourth-order valence-electron chi connectivity index (χ4n) is 1.98. The van der Waals surface area contributed by atoms with Crippen molar-refractivity contribution in [1.29, 1.82) is 0 Å². The standard InChI is InChI=1S/C10H18N2O/c1-4-5-12-7-8(2)10(11-13)6-9(12)3/h4,8-9,13H,1,5-7H2,2-3H3/p+1/b11-10+/t8-,9-/m1/s1. The first-order valence-corrected chi connectivity index (χ1v) is 4.85. The van der Waals surface area contributed by atoms with Gasteiger partial charge in [0.25, 0.3) is 0 Å². The molecule has 0 spiro atoms. The van der Waals surface area contributed by atoms with Crippen LogP contribution in [0.25, 0.3) is 0 Å². The number of likely N-dealkylation sites (tertiary alicyclic amines) is 1. The Bertz CT molecular complexity index is 213. The van der Waals surface area contributed by atoms with Gasteiger partial charge in [-0.05, 0) is 13.0 Å². The highest BCUT2D eigenvalue weighted by atomic mass is 16.4. The summed E-state index contributed by atoms with van der Waals surface area (Å²) in [7, 11) is 0. The van der Waals surface area contributed by atoms with Crippen molar-refractivity contribution < 1.29 is 10.1 Å². The molecule has 3 heteroatoms. The third-order valence-corrected chi connectivity index (χ3v) is 2.88. The fraction of sp³-hybridized carbons (Fsp3) is 0.700. The molecule has 0 radical (unpaired) electrons. The first-order chi connectivity index (χ1) is 6.19. The monoisotopic (exact) mass is 183 g/mol. The quantitative estimate of drug-likeness (QED) is 0.361. The molecule has 74 valence electrons. The molecular formula is C10H19N2O+. The van der Waals surface area contributed by atoms with E-state index in [-0.39, 0.29) is 0 Å². The summed E-state index contributed by atoms with van der Waals surface area (Å²) in [6, 6.07) is 0.542. The average molecular weight is 183 g/mol. The van der Waals surface area contributed by atoms with E-state index in [1.54, 1.807) is 0 Å². The maximum absolute atomic E-state index is 8.75. The van der Waals surface area contributed by atoms with Crippen LogP contribution in [0.3, 0.4) is 0 Å². The molecule has 1 fully saturated rings. The van der Waals surface area contributed by atoms with E-state index in [0.29, 0.717) is 12.0 Å².